The molecule has 0 bridgehead atoms. The molecule has 0 saturated carbocycles. The minimum Gasteiger partial charge on any atom is -0.298 e. The molecule has 0 saturated heterocycles. The highest BCUT2D eigenvalue weighted by atomic mass is 32.1. The number of carbonyl (C=O) groups is 1. The molecule has 0 unspecified atom stereocenters. The molecule has 122 valence electrons. The molecule has 0 fully saturated rings. The summed E-state index contributed by atoms with van der Waals surface area (Å²) >= 11 is 1.21. The first kappa shape index (κ1) is 16.1. The lowest BCUT2D eigenvalue weighted by molar-refractivity contribution is -0.384. The molecular formula is C17H15N3O3S. The number of nitrogens with zero attached hydrogens (tertiary/aromatic N) is 2. The molecule has 2 aromatic carbocycles. The maximum Gasteiger partial charge on any atom is 0.270 e. The first-order chi connectivity index (χ1) is 11.4. The number of nitro benzene ring substituents is 1. The Morgan fingerprint density at radius 3 is 2.54 bits per heavy atom. The van der Waals surface area contributed by atoms with Gasteiger partial charge in [-0.1, -0.05) is 37.3 Å². The quantitative estimate of drug-likeness (QED) is 0.556. The Kier molecular flexibility index (Phi) is 4.26. The molecule has 7 heteroatoms. The van der Waals surface area contributed by atoms with Crippen molar-refractivity contribution in [1.29, 1.82) is 0 Å². The van der Waals surface area contributed by atoms with E-state index in [9.17, 15) is 14.9 Å². The summed E-state index contributed by atoms with van der Waals surface area (Å²) in [5.41, 5.74) is 2.34. The van der Waals surface area contributed by atoms with Crippen molar-refractivity contribution in [3.63, 3.8) is 0 Å². The van der Waals surface area contributed by atoms with Gasteiger partial charge in [0.1, 0.15) is 0 Å². The lowest BCUT2D eigenvalue weighted by Gasteiger charge is -2.06. The first-order valence-corrected chi connectivity index (χ1v) is 8.22. The Balaban J connectivity index is 1.81. The highest BCUT2D eigenvalue weighted by Gasteiger charge is 2.13. The van der Waals surface area contributed by atoms with Crippen LogP contribution in [0.4, 0.5) is 10.8 Å². The number of anilines is 1. The molecule has 3 rings (SSSR count). The van der Waals surface area contributed by atoms with Crippen molar-refractivity contribution < 1.29 is 9.72 Å². The maximum atomic E-state index is 12.3. The number of benzene rings is 2. The van der Waals surface area contributed by atoms with E-state index in [2.05, 4.69) is 24.1 Å². The van der Waals surface area contributed by atoms with Crippen LogP contribution in [-0.2, 0) is 0 Å². The fraction of sp³-hybridized carbons (Fsp3) is 0.176. The summed E-state index contributed by atoms with van der Waals surface area (Å²) < 4.78 is 0.662. The van der Waals surface area contributed by atoms with Crippen molar-refractivity contribution in [2.75, 3.05) is 5.32 Å². The largest absolute Gasteiger partial charge is 0.298 e. The van der Waals surface area contributed by atoms with Gasteiger partial charge in [-0.15, -0.1) is 0 Å². The third-order valence-electron chi connectivity index (χ3n) is 3.64. The molecule has 1 N–H and O–H groups in total. The second-order valence-electron chi connectivity index (χ2n) is 5.66. The molecule has 0 aliphatic carbocycles. The molecule has 0 radical (unpaired) electrons. The van der Waals surface area contributed by atoms with Crippen LogP contribution in [0.2, 0.25) is 0 Å². The van der Waals surface area contributed by atoms with Crippen LogP contribution in [0.25, 0.3) is 10.2 Å². The predicted molar refractivity (Wildman–Crippen MR) is 94.8 cm³/mol. The lowest BCUT2D eigenvalue weighted by atomic mass is 10.0. The highest BCUT2D eigenvalue weighted by molar-refractivity contribution is 7.22. The van der Waals surface area contributed by atoms with Gasteiger partial charge in [0.2, 0.25) is 0 Å². The summed E-state index contributed by atoms with van der Waals surface area (Å²) in [5, 5.41) is 14.0. The number of nitro groups is 1. The van der Waals surface area contributed by atoms with Gasteiger partial charge in [-0.3, -0.25) is 20.2 Å². The third-order valence-corrected chi connectivity index (χ3v) is 4.58. The lowest BCUT2D eigenvalue weighted by Crippen LogP contribution is -2.11. The van der Waals surface area contributed by atoms with Crippen LogP contribution >= 0.6 is 11.3 Å². The number of hydrogen-bond donors (Lipinski definition) is 1. The molecule has 6 nitrogen and oxygen atoms in total. The SMILES string of the molecule is CC(C)c1ccc(C(=O)Nc2nc3ccc([N+](=O)[O-])cc3s2)cc1. The van der Waals surface area contributed by atoms with E-state index in [1.165, 1.54) is 29.0 Å². The van der Waals surface area contributed by atoms with Crippen molar-refractivity contribution in [1.82, 2.24) is 4.98 Å². The van der Waals surface area contributed by atoms with Crippen molar-refractivity contribution in [3.05, 3.63) is 63.7 Å². The Labute approximate surface area is 142 Å². The molecule has 0 spiro atoms. The van der Waals surface area contributed by atoms with Crippen LogP contribution in [0.5, 0.6) is 0 Å². The van der Waals surface area contributed by atoms with E-state index in [0.717, 1.165) is 0 Å². The molecular weight excluding hydrogens is 326 g/mol. The molecule has 0 atom stereocenters. The van der Waals surface area contributed by atoms with Crippen LogP contribution in [-0.4, -0.2) is 15.8 Å². The maximum absolute atomic E-state index is 12.3. The van der Waals surface area contributed by atoms with E-state index in [0.29, 0.717) is 26.8 Å². The van der Waals surface area contributed by atoms with E-state index < -0.39 is 4.92 Å². The first-order valence-electron chi connectivity index (χ1n) is 7.40. The number of thiazole rings is 1. The second kappa shape index (κ2) is 6.37. The van der Waals surface area contributed by atoms with Gasteiger partial charge in [0.05, 0.1) is 15.1 Å². The fourth-order valence-corrected chi connectivity index (χ4v) is 3.16. The zero-order valence-corrected chi connectivity index (χ0v) is 14.0. The van der Waals surface area contributed by atoms with Crippen LogP contribution in [0, 0.1) is 10.1 Å². The van der Waals surface area contributed by atoms with Crippen LogP contribution < -0.4 is 5.32 Å². The highest BCUT2D eigenvalue weighted by Crippen LogP contribution is 2.29. The molecule has 0 aliphatic heterocycles. The van der Waals surface area contributed by atoms with Crippen molar-refractivity contribution in [2.45, 2.75) is 19.8 Å². The number of fused-ring (bicyclic) bond motifs is 1. The Hall–Kier alpha value is -2.80. The third kappa shape index (κ3) is 3.26. The van der Waals surface area contributed by atoms with Gasteiger partial charge in [-0.25, -0.2) is 4.98 Å². The molecule has 3 aromatic rings. The fourth-order valence-electron chi connectivity index (χ4n) is 2.27. The van der Waals surface area contributed by atoms with E-state index in [1.54, 1.807) is 18.2 Å². The Morgan fingerprint density at radius 1 is 1.21 bits per heavy atom. The van der Waals surface area contributed by atoms with Gasteiger partial charge >= 0.3 is 0 Å². The second-order valence-corrected chi connectivity index (χ2v) is 6.69. The summed E-state index contributed by atoms with van der Waals surface area (Å²) in [6.07, 6.45) is 0. The van der Waals surface area contributed by atoms with Crippen LogP contribution in [0.3, 0.4) is 0 Å². The van der Waals surface area contributed by atoms with E-state index >= 15 is 0 Å². The minimum absolute atomic E-state index is 0.00769. The van der Waals surface area contributed by atoms with Crippen molar-refractivity contribution >= 4 is 38.3 Å². The van der Waals surface area contributed by atoms with Gasteiger partial charge in [0.25, 0.3) is 11.6 Å². The van der Waals surface area contributed by atoms with Gasteiger partial charge < -0.3 is 0 Å². The number of carbonyl (C=O) groups excluding carboxylic acids is 1. The normalized spacial score (nSPS) is 11.0. The summed E-state index contributed by atoms with van der Waals surface area (Å²) in [6, 6.07) is 11.9. The number of rotatable bonds is 4. The number of amides is 1. The average Bonchev–Trinajstić information content (AvgIpc) is 2.96. The smallest absolute Gasteiger partial charge is 0.270 e. The summed E-state index contributed by atoms with van der Waals surface area (Å²) in [5.74, 6) is 0.154. The van der Waals surface area contributed by atoms with Crippen LogP contribution in [0.1, 0.15) is 35.7 Å². The standard InChI is InChI=1S/C17H15N3O3S/c1-10(2)11-3-5-12(6-4-11)16(21)19-17-18-14-8-7-13(20(22)23)9-15(14)24-17/h3-10H,1-2H3,(H,18,19,21). The summed E-state index contributed by atoms with van der Waals surface area (Å²) in [7, 11) is 0. The molecule has 1 aromatic heterocycles. The van der Waals surface area contributed by atoms with E-state index in [1.807, 2.05) is 12.1 Å². The van der Waals surface area contributed by atoms with Crippen molar-refractivity contribution in [2.24, 2.45) is 0 Å². The Morgan fingerprint density at radius 2 is 1.92 bits per heavy atom. The predicted octanol–water partition coefficient (Wildman–Crippen LogP) is 4.58. The zero-order valence-electron chi connectivity index (χ0n) is 13.1. The number of nitrogens with one attached hydrogen (secondary N) is 1. The molecule has 0 aliphatic rings. The monoisotopic (exact) mass is 341 g/mol. The zero-order chi connectivity index (χ0) is 17.3. The average molecular weight is 341 g/mol. The van der Waals surface area contributed by atoms with Gasteiger partial charge in [-0.05, 0) is 29.7 Å². The van der Waals surface area contributed by atoms with Gasteiger partial charge in [-0.2, -0.15) is 0 Å². The van der Waals surface area contributed by atoms with Gasteiger partial charge in [0, 0.05) is 17.7 Å². The summed E-state index contributed by atoms with van der Waals surface area (Å²) in [6.45, 7) is 4.19. The van der Waals surface area contributed by atoms with E-state index in [-0.39, 0.29) is 11.6 Å². The van der Waals surface area contributed by atoms with Crippen LogP contribution in [0.15, 0.2) is 42.5 Å². The topological polar surface area (TPSA) is 85.1 Å². The number of hydrogen-bond acceptors (Lipinski definition) is 5. The molecule has 1 heterocycles. The summed E-state index contributed by atoms with van der Waals surface area (Å²) in [4.78, 5) is 26.9. The Bertz CT molecular complexity index is 916. The minimum atomic E-state index is -0.451. The van der Waals surface area contributed by atoms with Crippen molar-refractivity contribution in [3.8, 4) is 0 Å². The van der Waals surface area contributed by atoms with Gasteiger partial charge in [0.15, 0.2) is 5.13 Å². The molecule has 24 heavy (non-hydrogen) atoms. The van der Waals surface area contributed by atoms with E-state index in [4.69, 9.17) is 0 Å². The number of aromatic nitrogens is 1. The number of non-ortho nitro benzene ring substituents is 1. The molecule has 1 amide bonds.